The van der Waals surface area contributed by atoms with E-state index in [1.807, 2.05) is 26.0 Å². The van der Waals surface area contributed by atoms with Crippen molar-refractivity contribution in [2.24, 2.45) is 0 Å². The third-order valence-corrected chi connectivity index (χ3v) is 9.59. The van der Waals surface area contributed by atoms with Crippen molar-refractivity contribution in [2.45, 2.75) is 71.4 Å². The molecule has 0 saturated carbocycles. The zero-order chi connectivity index (χ0) is 19.5. The van der Waals surface area contributed by atoms with Crippen LogP contribution in [0.3, 0.4) is 0 Å². The quantitative estimate of drug-likeness (QED) is 0.444. The Kier molecular flexibility index (Phi) is 6.30. The topological polar surface area (TPSA) is 35.5 Å². The van der Waals surface area contributed by atoms with Gasteiger partial charge in [-0.25, -0.2) is 0 Å². The number of carbonyl (C=O) groups excluding carboxylic acids is 1. The van der Waals surface area contributed by atoms with Gasteiger partial charge >= 0.3 is 5.97 Å². The SMILES string of the molecule is CC(C)OC(=O)C[C@@H](O[Si](C)(C)C(C)(C)C)c1ccc2ccccc2c1. The monoisotopic (exact) mass is 372 g/mol. The molecular formula is C22H32O3Si. The average Bonchev–Trinajstić information content (AvgIpc) is 2.51. The van der Waals surface area contributed by atoms with Crippen LogP contribution in [0, 0.1) is 0 Å². The number of benzene rings is 2. The molecule has 0 spiro atoms. The summed E-state index contributed by atoms with van der Waals surface area (Å²) in [5, 5.41) is 2.42. The second-order valence-electron chi connectivity index (χ2n) is 8.72. The summed E-state index contributed by atoms with van der Waals surface area (Å²) < 4.78 is 12.0. The van der Waals surface area contributed by atoms with Gasteiger partial charge in [0.05, 0.1) is 18.6 Å². The Labute approximate surface area is 158 Å². The van der Waals surface area contributed by atoms with E-state index in [-0.39, 0.29) is 29.6 Å². The Bertz CT molecular complexity index is 759. The number of esters is 1. The van der Waals surface area contributed by atoms with Gasteiger partial charge in [-0.3, -0.25) is 4.79 Å². The van der Waals surface area contributed by atoms with Crippen LogP contribution in [0.25, 0.3) is 10.8 Å². The number of ether oxygens (including phenoxy) is 1. The van der Waals surface area contributed by atoms with Crippen molar-refractivity contribution in [3.8, 4) is 0 Å². The van der Waals surface area contributed by atoms with Gasteiger partial charge in [0.25, 0.3) is 0 Å². The standard InChI is InChI=1S/C22H32O3Si/c1-16(2)24-21(23)15-20(25-26(6,7)22(3,4)5)19-13-12-17-10-8-9-11-18(17)14-19/h8-14,16,20H,15H2,1-7H3/t20-/m1/s1. The Morgan fingerprint density at radius 2 is 1.65 bits per heavy atom. The minimum Gasteiger partial charge on any atom is -0.463 e. The molecule has 0 fully saturated rings. The molecule has 0 aliphatic heterocycles. The summed E-state index contributed by atoms with van der Waals surface area (Å²) in [5.41, 5.74) is 1.04. The lowest BCUT2D eigenvalue weighted by Gasteiger charge is -2.39. The number of rotatable bonds is 6. The third-order valence-electron chi connectivity index (χ3n) is 5.11. The first-order chi connectivity index (χ1) is 12.0. The third kappa shape index (κ3) is 5.18. The van der Waals surface area contributed by atoms with Gasteiger partial charge in [0, 0.05) is 0 Å². The van der Waals surface area contributed by atoms with Crippen LogP contribution >= 0.6 is 0 Å². The van der Waals surface area contributed by atoms with Crippen molar-refractivity contribution in [3.63, 3.8) is 0 Å². The molecule has 2 rings (SSSR count). The van der Waals surface area contributed by atoms with Gasteiger partial charge in [0.1, 0.15) is 0 Å². The van der Waals surface area contributed by atoms with Gasteiger partial charge < -0.3 is 9.16 Å². The normalized spacial score (nSPS) is 13.8. The van der Waals surface area contributed by atoms with Gasteiger partial charge in [-0.15, -0.1) is 0 Å². The second kappa shape index (κ2) is 7.93. The van der Waals surface area contributed by atoms with Crippen molar-refractivity contribution >= 4 is 25.1 Å². The van der Waals surface area contributed by atoms with E-state index in [1.54, 1.807) is 0 Å². The number of hydrogen-bond donors (Lipinski definition) is 0. The Balaban J connectivity index is 2.36. The van der Waals surface area contributed by atoms with Crippen LogP contribution in [0.5, 0.6) is 0 Å². The molecule has 142 valence electrons. The predicted octanol–water partition coefficient (Wildman–Crippen LogP) is 6.24. The van der Waals surface area contributed by atoms with E-state index in [0.29, 0.717) is 0 Å². The number of fused-ring (bicyclic) bond motifs is 1. The minimum atomic E-state index is -2.03. The maximum absolute atomic E-state index is 12.3. The summed E-state index contributed by atoms with van der Waals surface area (Å²) in [7, 11) is -2.03. The van der Waals surface area contributed by atoms with E-state index in [0.717, 1.165) is 10.9 Å². The first-order valence-electron chi connectivity index (χ1n) is 9.35. The smallest absolute Gasteiger partial charge is 0.308 e. The molecule has 1 atom stereocenters. The molecule has 0 bridgehead atoms. The lowest BCUT2D eigenvalue weighted by atomic mass is 10.0. The van der Waals surface area contributed by atoms with E-state index < -0.39 is 8.32 Å². The molecule has 0 saturated heterocycles. The highest BCUT2D eigenvalue weighted by Crippen LogP contribution is 2.41. The lowest BCUT2D eigenvalue weighted by Crippen LogP contribution is -2.42. The fourth-order valence-corrected chi connectivity index (χ4v) is 3.91. The highest BCUT2D eigenvalue weighted by atomic mass is 28.4. The maximum Gasteiger partial charge on any atom is 0.308 e. The zero-order valence-corrected chi connectivity index (χ0v) is 18.1. The highest BCUT2D eigenvalue weighted by molar-refractivity contribution is 6.74. The van der Waals surface area contributed by atoms with Crippen LogP contribution in [0.4, 0.5) is 0 Å². The largest absolute Gasteiger partial charge is 0.463 e. The molecule has 0 N–H and O–H groups in total. The summed E-state index contributed by atoms with van der Waals surface area (Å²) in [6, 6.07) is 14.6. The molecule has 0 aromatic heterocycles. The first kappa shape index (κ1) is 20.7. The molecule has 0 amide bonds. The number of carbonyl (C=O) groups is 1. The first-order valence-corrected chi connectivity index (χ1v) is 12.3. The van der Waals surface area contributed by atoms with Crippen LogP contribution in [-0.2, 0) is 14.0 Å². The lowest BCUT2D eigenvalue weighted by molar-refractivity contribution is -0.149. The summed E-state index contributed by atoms with van der Waals surface area (Å²) in [6.07, 6.45) is -0.164. The van der Waals surface area contributed by atoms with E-state index in [1.165, 1.54) is 5.39 Å². The van der Waals surface area contributed by atoms with Crippen molar-refractivity contribution < 1.29 is 14.0 Å². The molecule has 4 heteroatoms. The Morgan fingerprint density at radius 3 is 2.23 bits per heavy atom. The molecule has 0 unspecified atom stereocenters. The van der Waals surface area contributed by atoms with Crippen LogP contribution in [0.1, 0.15) is 52.7 Å². The van der Waals surface area contributed by atoms with Gasteiger partial charge in [-0.1, -0.05) is 57.2 Å². The molecule has 0 heterocycles. The Morgan fingerprint density at radius 1 is 1.04 bits per heavy atom. The van der Waals surface area contributed by atoms with E-state index in [9.17, 15) is 4.79 Å². The predicted molar refractivity (Wildman–Crippen MR) is 111 cm³/mol. The van der Waals surface area contributed by atoms with E-state index >= 15 is 0 Å². The van der Waals surface area contributed by atoms with Gasteiger partial charge in [-0.2, -0.15) is 0 Å². The molecule has 2 aromatic carbocycles. The Hall–Kier alpha value is -1.65. The molecule has 3 nitrogen and oxygen atoms in total. The molecule has 0 radical (unpaired) electrons. The van der Waals surface area contributed by atoms with Crippen LogP contribution in [-0.4, -0.2) is 20.4 Å². The molecular weight excluding hydrogens is 340 g/mol. The van der Waals surface area contributed by atoms with Crippen molar-refractivity contribution in [2.75, 3.05) is 0 Å². The van der Waals surface area contributed by atoms with Gasteiger partial charge in [0.15, 0.2) is 8.32 Å². The zero-order valence-electron chi connectivity index (χ0n) is 17.1. The fraction of sp³-hybridized carbons (Fsp3) is 0.500. The van der Waals surface area contributed by atoms with Crippen LogP contribution < -0.4 is 0 Å². The van der Waals surface area contributed by atoms with Gasteiger partial charge in [-0.05, 0) is 54.4 Å². The summed E-state index contributed by atoms with van der Waals surface area (Å²) in [5.74, 6) is -0.211. The minimum absolute atomic E-state index is 0.0735. The molecule has 26 heavy (non-hydrogen) atoms. The van der Waals surface area contributed by atoms with Crippen molar-refractivity contribution in [3.05, 3.63) is 48.0 Å². The van der Waals surface area contributed by atoms with Crippen LogP contribution in [0.2, 0.25) is 18.1 Å². The summed E-state index contributed by atoms with van der Waals surface area (Å²) >= 11 is 0. The van der Waals surface area contributed by atoms with Gasteiger partial charge in [0.2, 0.25) is 0 Å². The second-order valence-corrected chi connectivity index (χ2v) is 13.5. The van der Waals surface area contributed by atoms with E-state index in [4.69, 9.17) is 9.16 Å². The van der Waals surface area contributed by atoms with Crippen molar-refractivity contribution in [1.82, 2.24) is 0 Å². The molecule has 0 aliphatic carbocycles. The number of hydrogen-bond acceptors (Lipinski definition) is 3. The molecule has 2 aromatic rings. The highest BCUT2D eigenvalue weighted by Gasteiger charge is 2.40. The van der Waals surface area contributed by atoms with E-state index in [2.05, 4.69) is 64.2 Å². The fourth-order valence-electron chi connectivity index (χ4n) is 2.63. The van der Waals surface area contributed by atoms with Crippen molar-refractivity contribution in [1.29, 1.82) is 0 Å². The summed E-state index contributed by atoms with van der Waals surface area (Å²) in [4.78, 5) is 12.3. The molecule has 0 aliphatic rings. The maximum atomic E-state index is 12.3. The van der Waals surface area contributed by atoms with Crippen LogP contribution in [0.15, 0.2) is 42.5 Å². The average molecular weight is 373 g/mol. The summed E-state index contributed by atoms with van der Waals surface area (Å²) in [6.45, 7) is 14.8.